The summed E-state index contributed by atoms with van der Waals surface area (Å²) in [6.45, 7) is 2.17. The van der Waals surface area contributed by atoms with Crippen LogP contribution in [0.2, 0.25) is 0 Å². The molecule has 88 valence electrons. The second-order valence-electron chi connectivity index (χ2n) is 4.03. The van der Waals surface area contributed by atoms with Crippen molar-refractivity contribution in [1.29, 1.82) is 0 Å². The standard InChI is InChI=1S/C10H16N4OS/c1-3-4-6-5-7(6)12-8(15)9-13-14-10(11-2)16-9/h6-7H,3-5H2,1-2H3,(H,11,14)(H,12,15). The molecule has 0 spiro atoms. The highest BCUT2D eigenvalue weighted by Crippen LogP contribution is 2.34. The van der Waals surface area contributed by atoms with Crippen molar-refractivity contribution in [2.45, 2.75) is 32.2 Å². The van der Waals surface area contributed by atoms with Gasteiger partial charge in [0.25, 0.3) is 5.91 Å². The maximum Gasteiger partial charge on any atom is 0.282 e. The predicted octanol–water partition coefficient (Wildman–Crippen LogP) is 1.50. The first-order valence-corrected chi connectivity index (χ1v) is 6.38. The number of amides is 1. The Morgan fingerprint density at radius 1 is 1.56 bits per heavy atom. The van der Waals surface area contributed by atoms with E-state index in [-0.39, 0.29) is 5.91 Å². The molecule has 5 nitrogen and oxygen atoms in total. The van der Waals surface area contributed by atoms with E-state index in [0.29, 0.717) is 22.1 Å². The monoisotopic (exact) mass is 240 g/mol. The van der Waals surface area contributed by atoms with E-state index in [1.54, 1.807) is 7.05 Å². The van der Waals surface area contributed by atoms with Gasteiger partial charge in [-0.1, -0.05) is 24.7 Å². The minimum Gasteiger partial charge on any atom is -0.363 e. The minimum absolute atomic E-state index is 0.0948. The number of nitrogens with zero attached hydrogens (tertiary/aromatic N) is 2. The highest BCUT2D eigenvalue weighted by Gasteiger charge is 2.37. The number of rotatable bonds is 5. The van der Waals surface area contributed by atoms with E-state index in [4.69, 9.17) is 0 Å². The molecule has 2 rings (SSSR count). The molecule has 0 aliphatic heterocycles. The lowest BCUT2D eigenvalue weighted by atomic mass is 10.2. The third-order valence-corrected chi connectivity index (χ3v) is 3.67. The fourth-order valence-corrected chi connectivity index (χ4v) is 2.36. The van der Waals surface area contributed by atoms with E-state index in [0.717, 1.165) is 6.42 Å². The summed E-state index contributed by atoms with van der Waals surface area (Å²) in [4.78, 5) is 11.7. The number of aromatic nitrogens is 2. The Hall–Kier alpha value is -1.17. The van der Waals surface area contributed by atoms with Gasteiger partial charge in [0.15, 0.2) is 0 Å². The fourth-order valence-electron chi connectivity index (χ4n) is 1.76. The van der Waals surface area contributed by atoms with Gasteiger partial charge >= 0.3 is 0 Å². The highest BCUT2D eigenvalue weighted by atomic mass is 32.1. The van der Waals surface area contributed by atoms with Crippen LogP contribution in [0.4, 0.5) is 5.13 Å². The Labute approximate surface area is 98.7 Å². The summed E-state index contributed by atoms with van der Waals surface area (Å²) in [5.41, 5.74) is 0. The molecular formula is C10H16N4OS. The van der Waals surface area contributed by atoms with Gasteiger partial charge in [-0.05, 0) is 18.8 Å². The van der Waals surface area contributed by atoms with Crippen molar-refractivity contribution in [1.82, 2.24) is 15.5 Å². The van der Waals surface area contributed by atoms with Crippen LogP contribution in [0.1, 0.15) is 36.0 Å². The molecule has 1 aliphatic carbocycles. The molecule has 1 aliphatic rings. The second kappa shape index (κ2) is 4.78. The topological polar surface area (TPSA) is 66.9 Å². The molecule has 1 aromatic heterocycles. The number of hydrogen-bond acceptors (Lipinski definition) is 5. The summed E-state index contributed by atoms with van der Waals surface area (Å²) >= 11 is 1.28. The maximum absolute atomic E-state index is 11.7. The van der Waals surface area contributed by atoms with Crippen LogP contribution in [0, 0.1) is 5.92 Å². The fraction of sp³-hybridized carbons (Fsp3) is 0.700. The Bertz CT molecular complexity index is 379. The van der Waals surface area contributed by atoms with Crippen LogP contribution in [0.15, 0.2) is 0 Å². The zero-order valence-electron chi connectivity index (χ0n) is 9.49. The molecule has 0 bridgehead atoms. The Balaban J connectivity index is 1.84. The van der Waals surface area contributed by atoms with Crippen LogP contribution >= 0.6 is 11.3 Å². The largest absolute Gasteiger partial charge is 0.363 e. The zero-order valence-corrected chi connectivity index (χ0v) is 10.3. The van der Waals surface area contributed by atoms with E-state index in [1.165, 1.54) is 24.2 Å². The van der Waals surface area contributed by atoms with Crippen LogP contribution < -0.4 is 10.6 Å². The van der Waals surface area contributed by atoms with E-state index in [9.17, 15) is 4.79 Å². The normalized spacial score (nSPS) is 22.9. The van der Waals surface area contributed by atoms with Crippen molar-refractivity contribution >= 4 is 22.4 Å². The van der Waals surface area contributed by atoms with Crippen LogP contribution in [0.25, 0.3) is 0 Å². The molecule has 1 aromatic rings. The van der Waals surface area contributed by atoms with E-state index >= 15 is 0 Å². The van der Waals surface area contributed by atoms with Crippen LogP contribution in [-0.2, 0) is 0 Å². The van der Waals surface area contributed by atoms with Gasteiger partial charge in [-0.2, -0.15) is 0 Å². The van der Waals surface area contributed by atoms with Gasteiger partial charge in [-0.3, -0.25) is 4.79 Å². The number of nitrogens with one attached hydrogen (secondary N) is 2. The average molecular weight is 240 g/mol. The van der Waals surface area contributed by atoms with Crippen molar-refractivity contribution in [3.63, 3.8) is 0 Å². The van der Waals surface area contributed by atoms with Crippen LogP contribution in [-0.4, -0.2) is 29.2 Å². The van der Waals surface area contributed by atoms with Gasteiger partial charge < -0.3 is 10.6 Å². The van der Waals surface area contributed by atoms with Crippen molar-refractivity contribution in [2.75, 3.05) is 12.4 Å². The van der Waals surface area contributed by atoms with Crippen LogP contribution in [0.3, 0.4) is 0 Å². The first kappa shape index (κ1) is 11.3. The van der Waals surface area contributed by atoms with Crippen molar-refractivity contribution < 1.29 is 4.79 Å². The molecule has 2 unspecified atom stereocenters. The quantitative estimate of drug-likeness (QED) is 0.818. The lowest BCUT2D eigenvalue weighted by Crippen LogP contribution is -2.26. The first-order valence-electron chi connectivity index (χ1n) is 5.56. The van der Waals surface area contributed by atoms with Gasteiger partial charge in [0.2, 0.25) is 10.1 Å². The number of anilines is 1. The molecule has 1 saturated carbocycles. The second-order valence-corrected chi connectivity index (χ2v) is 5.00. The smallest absolute Gasteiger partial charge is 0.282 e. The summed E-state index contributed by atoms with van der Waals surface area (Å²) in [6.07, 6.45) is 3.49. The molecule has 0 radical (unpaired) electrons. The SMILES string of the molecule is CCCC1CC1NC(=O)c1nnc(NC)s1. The zero-order chi connectivity index (χ0) is 11.5. The molecule has 1 heterocycles. The number of hydrogen-bond donors (Lipinski definition) is 2. The number of carbonyl (C=O) groups is 1. The minimum atomic E-state index is -0.0948. The van der Waals surface area contributed by atoms with Crippen molar-refractivity contribution in [3.05, 3.63) is 5.01 Å². The number of carbonyl (C=O) groups excluding carboxylic acids is 1. The van der Waals surface area contributed by atoms with Crippen molar-refractivity contribution in [2.24, 2.45) is 5.92 Å². The first-order chi connectivity index (χ1) is 7.74. The predicted molar refractivity (Wildman–Crippen MR) is 63.7 cm³/mol. The molecule has 0 saturated heterocycles. The molecule has 6 heteroatoms. The third-order valence-electron chi connectivity index (χ3n) is 2.73. The summed E-state index contributed by atoms with van der Waals surface area (Å²) in [5, 5.41) is 14.6. The van der Waals surface area contributed by atoms with E-state index in [2.05, 4.69) is 27.8 Å². The van der Waals surface area contributed by atoms with Gasteiger partial charge in [-0.15, -0.1) is 10.2 Å². The lowest BCUT2D eigenvalue weighted by Gasteiger charge is -2.00. The summed E-state index contributed by atoms with van der Waals surface area (Å²) < 4.78 is 0. The van der Waals surface area contributed by atoms with Gasteiger partial charge in [0, 0.05) is 13.1 Å². The Morgan fingerprint density at radius 2 is 2.38 bits per heavy atom. The lowest BCUT2D eigenvalue weighted by molar-refractivity contribution is 0.0947. The van der Waals surface area contributed by atoms with Crippen molar-refractivity contribution in [3.8, 4) is 0 Å². The highest BCUT2D eigenvalue weighted by molar-refractivity contribution is 7.17. The molecule has 16 heavy (non-hydrogen) atoms. The summed E-state index contributed by atoms with van der Waals surface area (Å²) in [6, 6.07) is 0.356. The van der Waals surface area contributed by atoms with Crippen LogP contribution in [0.5, 0.6) is 0 Å². The average Bonchev–Trinajstić information content (AvgIpc) is 2.84. The summed E-state index contributed by atoms with van der Waals surface area (Å²) in [7, 11) is 1.76. The van der Waals surface area contributed by atoms with Gasteiger partial charge in [0.1, 0.15) is 0 Å². The molecule has 2 atom stereocenters. The Morgan fingerprint density at radius 3 is 3.00 bits per heavy atom. The molecule has 1 fully saturated rings. The Kier molecular flexibility index (Phi) is 3.38. The van der Waals surface area contributed by atoms with Gasteiger partial charge in [-0.25, -0.2) is 0 Å². The molecule has 2 N–H and O–H groups in total. The maximum atomic E-state index is 11.7. The molecular weight excluding hydrogens is 224 g/mol. The van der Waals surface area contributed by atoms with Gasteiger partial charge in [0.05, 0.1) is 0 Å². The molecule has 1 amide bonds. The van der Waals surface area contributed by atoms with E-state index in [1.807, 2.05) is 0 Å². The summed E-state index contributed by atoms with van der Waals surface area (Å²) in [5.74, 6) is 0.577. The van der Waals surface area contributed by atoms with E-state index < -0.39 is 0 Å². The molecule has 0 aromatic carbocycles. The third kappa shape index (κ3) is 2.49.